The Morgan fingerprint density at radius 1 is 1.25 bits per heavy atom. The molecule has 0 radical (unpaired) electrons. The summed E-state index contributed by atoms with van der Waals surface area (Å²) in [6, 6.07) is 6.18. The van der Waals surface area contributed by atoms with Crippen molar-refractivity contribution in [2.24, 2.45) is 7.05 Å². The maximum Gasteiger partial charge on any atom is 0.341 e. The van der Waals surface area contributed by atoms with Gasteiger partial charge < -0.3 is 15.2 Å². The van der Waals surface area contributed by atoms with Crippen LogP contribution in [0.15, 0.2) is 29.1 Å². The fraction of sp³-hybridized carbons (Fsp3) is 0.250. The molecule has 8 heteroatoms. The molecule has 0 fully saturated rings. The van der Waals surface area contributed by atoms with Crippen LogP contribution in [-0.4, -0.2) is 33.4 Å². The molecule has 2 rings (SSSR count). The highest BCUT2D eigenvalue weighted by Gasteiger charge is 2.18. The van der Waals surface area contributed by atoms with Crippen molar-refractivity contribution in [1.29, 1.82) is 0 Å². The lowest BCUT2D eigenvalue weighted by atomic mass is 10.1. The van der Waals surface area contributed by atoms with Gasteiger partial charge in [0.2, 0.25) is 0 Å². The monoisotopic (exact) mass is 331 g/mol. The summed E-state index contributed by atoms with van der Waals surface area (Å²) >= 11 is 0. The number of nitrogens with zero attached hydrogens (tertiary/aromatic N) is 2. The SMILES string of the molecule is Cc1nn(C)c(=O)c(C(=O)Nc2ccc(OCC(=O)O)cc2)c1C. The standard InChI is InChI=1S/C16H17N3O5/c1-9-10(2)18-19(3)16(23)14(9)15(22)17-11-4-6-12(7-5-11)24-8-13(20)21/h4-7H,8H2,1-3H3,(H,17,22)(H,20,21). The molecule has 0 aliphatic rings. The second-order valence-corrected chi connectivity index (χ2v) is 5.18. The van der Waals surface area contributed by atoms with Gasteiger partial charge in [-0.2, -0.15) is 5.10 Å². The third-order valence-corrected chi connectivity index (χ3v) is 3.43. The number of anilines is 1. The van der Waals surface area contributed by atoms with Crippen molar-refractivity contribution < 1.29 is 19.4 Å². The molecule has 1 heterocycles. The van der Waals surface area contributed by atoms with Crippen LogP contribution in [0.1, 0.15) is 21.6 Å². The molecule has 0 bridgehead atoms. The molecule has 0 saturated carbocycles. The minimum atomic E-state index is -1.08. The summed E-state index contributed by atoms with van der Waals surface area (Å²) in [5.74, 6) is -1.24. The van der Waals surface area contributed by atoms with Crippen LogP contribution >= 0.6 is 0 Å². The molecule has 0 atom stereocenters. The predicted octanol–water partition coefficient (Wildman–Crippen LogP) is 1.11. The Kier molecular flexibility index (Phi) is 4.98. The summed E-state index contributed by atoms with van der Waals surface area (Å²) in [6.07, 6.45) is 0. The van der Waals surface area contributed by atoms with Crippen molar-refractivity contribution in [2.75, 3.05) is 11.9 Å². The Labute approximate surface area is 137 Å². The van der Waals surface area contributed by atoms with Crippen LogP contribution in [0.5, 0.6) is 5.75 Å². The van der Waals surface area contributed by atoms with Crippen LogP contribution in [0.3, 0.4) is 0 Å². The van der Waals surface area contributed by atoms with Crippen molar-refractivity contribution in [3.05, 3.63) is 51.4 Å². The topological polar surface area (TPSA) is 111 Å². The van der Waals surface area contributed by atoms with Gasteiger partial charge >= 0.3 is 5.97 Å². The van der Waals surface area contributed by atoms with Crippen LogP contribution in [-0.2, 0) is 11.8 Å². The first-order valence-electron chi connectivity index (χ1n) is 7.10. The zero-order chi connectivity index (χ0) is 17.9. The number of benzene rings is 1. The van der Waals surface area contributed by atoms with Crippen molar-refractivity contribution in [3.63, 3.8) is 0 Å². The molecule has 2 aromatic rings. The second kappa shape index (κ2) is 6.95. The third kappa shape index (κ3) is 3.78. The van der Waals surface area contributed by atoms with E-state index in [4.69, 9.17) is 9.84 Å². The summed E-state index contributed by atoms with van der Waals surface area (Å²) in [4.78, 5) is 35.0. The lowest BCUT2D eigenvalue weighted by Crippen LogP contribution is -2.31. The number of carboxylic acids is 1. The zero-order valence-corrected chi connectivity index (χ0v) is 13.5. The zero-order valence-electron chi connectivity index (χ0n) is 13.5. The highest BCUT2D eigenvalue weighted by molar-refractivity contribution is 6.05. The number of carbonyl (C=O) groups is 2. The van der Waals surface area contributed by atoms with Gasteiger partial charge in [0.05, 0.1) is 5.69 Å². The van der Waals surface area contributed by atoms with E-state index in [0.717, 1.165) is 4.68 Å². The summed E-state index contributed by atoms with van der Waals surface area (Å²) in [6.45, 7) is 2.94. The van der Waals surface area contributed by atoms with E-state index in [-0.39, 0.29) is 5.56 Å². The molecule has 0 unspecified atom stereocenters. The maximum absolute atomic E-state index is 12.4. The number of nitrogens with one attached hydrogen (secondary N) is 1. The Morgan fingerprint density at radius 2 is 1.88 bits per heavy atom. The second-order valence-electron chi connectivity index (χ2n) is 5.18. The number of ether oxygens (including phenoxy) is 1. The number of hydrogen-bond donors (Lipinski definition) is 2. The molecule has 1 aromatic heterocycles. The molecule has 0 aliphatic heterocycles. The van der Waals surface area contributed by atoms with Gasteiger partial charge in [0.25, 0.3) is 11.5 Å². The van der Waals surface area contributed by atoms with E-state index < -0.39 is 24.0 Å². The van der Waals surface area contributed by atoms with Crippen LogP contribution < -0.4 is 15.6 Å². The molecular formula is C16H17N3O5. The Morgan fingerprint density at radius 3 is 2.46 bits per heavy atom. The molecule has 0 spiro atoms. The van der Waals surface area contributed by atoms with E-state index in [1.807, 2.05) is 0 Å². The number of amides is 1. The third-order valence-electron chi connectivity index (χ3n) is 3.43. The van der Waals surface area contributed by atoms with Gasteiger partial charge in [0, 0.05) is 12.7 Å². The molecule has 1 aromatic carbocycles. The van der Waals surface area contributed by atoms with Gasteiger partial charge in [-0.05, 0) is 43.7 Å². The number of carboxylic acid groups (broad SMARTS) is 1. The van der Waals surface area contributed by atoms with E-state index >= 15 is 0 Å². The Balaban J connectivity index is 2.19. The van der Waals surface area contributed by atoms with Crippen molar-refractivity contribution in [1.82, 2.24) is 9.78 Å². The van der Waals surface area contributed by atoms with Gasteiger partial charge in [0.1, 0.15) is 11.3 Å². The average Bonchev–Trinajstić information content (AvgIpc) is 2.52. The minimum absolute atomic E-state index is 0.0382. The van der Waals surface area contributed by atoms with Crippen LogP contribution in [0.2, 0.25) is 0 Å². The number of carbonyl (C=O) groups excluding carboxylic acids is 1. The normalized spacial score (nSPS) is 10.3. The molecule has 0 aliphatic carbocycles. The molecule has 2 N–H and O–H groups in total. The largest absolute Gasteiger partial charge is 0.482 e. The lowest BCUT2D eigenvalue weighted by Gasteiger charge is -2.11. The number of aromatic nitrogens is 2. The number of rotatable bonds is 5. The van der Waals surface area contributed by atoms with Gasteiger partial charge in [-0.3, -0.25) is 9.59 Å². The molecular weight excluding hydrogens is 314 g/mol. The van der Waals surface area contributed by atoms with Crippen molar-refractivity contribution >= 4 is 17.6 Å². The van der Waals surface area contributed by atoms with Crippen molar-refractivity contribution in [3.8, 4) is 5.75 Å². The first kappa shape index (κ1) is 17.2. The van der Waals surface area contributed by atoms with E-state index in [0.29, 0.717) is 22.7 Å². The van der Waals surface area contributed by atoms with Crippen LogP contribution in [0.4, 0.5) is 5.69 Å². The van der Waals surface area contributed by atoms with Gasteiger partial charge in [-0.1, -0.05) is 0 Å². The number of aryl methyl sites for hydroxylation is 2. The first-order valence-corrected chi connectivity index (χ1v) is 7.10. The first-order chi connectivity index (χ1) is 11.3. The van der Waals surface area contributed by atoms with E-state index in [1.165, 1.54) is 19.2 Å². The quantitative estimate of drug-likeness (QED) is 0.849. The molecule has 24 heavy (non-hydrogen) atoms. The Hall–Kier alpha value is -3.16. The van der Waals surface area contributed by atoms with E-state index in [9.17, 15) is 14.4 Å². The molecule has 0 saturated heterocycles. The molecule has 1 amide bonds. The average molecular weight is 331 g/mol. The van der Waals surface area contributed by atoms with Crippen LogP contribution in [0, 0.1) is 13.8 Å². The highest BCUT2D eigenvalue weighted by Crippen LogP contribution is 2.17. The lowest BCUT2D eigenvalue weighted by molar-refractivity contribution is -0.139. The Bertz CT molecular complexity index is 840. The van der Waals surface area contributed by atoms with E-state index in [2.05, 4.69) is 10.4 Å². The minimum Gasteiger partial charge on any atom is -0.482 e. The maximum atomic E-state index is 12.4. The summed E-state index contributed by atoms with van der Waals surface area (Å²) in [5, 5.41) is 15.2. The summed E-state index contributed by atoms with van der Waals surface area (Å²) in [7, 11) is 1.49. The molecule has 126 valence electrons. The number of aliphatic carboxylic acids is 1. The van der Waals surface area contributed by atoms with Gasteiger partial charge in [-0.25, -0.2) is 9.48 Å². The summed E-state index contributed by atoms with van der Waals surface area (Å²) in [5.41, 5.74) is 1.14. The molecule has 8 nitrogen and oxygen atoms in total. The fourth-order valence-corrected chi connectivity index (χ4v) is 2.09. The number of hydrogen-bond acceptors (Lipinski definition) is 5. The van der Waals surface area contributed by atoms with Crippen LogP contribution in [0.25, 0.3) is 0 Å². The summed E-state index contributed by atoms with van der Waals surface area (Å²) < 4.78 is 6.13. The fourth-order valence-electron chi connectivity index (χ4n) is 2.09. The van der Waals surface area contributed by atoms with Crippen molar-refractivity contribution in [2.45, 2.75) is 13.8 Å². The predicted molar refractivity (Wildman–Crippen MR) is 86.5 cm³/mol. The smallest absolute Gasteiger partial charge is 0.341 e. The van der Waals surface area contributed by atoms with E-state index in [1.54, 1.807) is 26.0 Å². The van der Waals surface area contributed by atoms with Gasteiger partial charge in [-0.15, -0.1) is 0 Å². The highest BCUT2D eigenvalue weighted by atomic mass is 16.5. The van der Waals surface area contributed by atoms with Gasteiger partial charge in [0.15, 0.2) is 6.61 Å².